The molecule has 2 N–H and O–H groups in total. The van der Waals surface area contributed by atoms with Gasteiger partial charge in [-0.3, -0.25) is 0 Å². The maximum Gasteiger partial charge on any atom is 0.319 e. The highest BCUT2D eigenvalue weighted by atomic mass is 79.9. The maximum absolute atomic E-state index is 12.1. The topological polar surface area (TPSA) is 41.1 Å². The Balaban J connectivity index is 1.97. The minimum absolute atomic E-state index is 0.0521. The van der Waals surface area contributed by atoms with E-state index in [0.29, 0.717) is 5.92 Å². The van der Waals surface area contributed by atoms with Crippen LogP contribution in [0.4, 0.5) is 10.5 Å². The van der Waals surface area contributed by atoms with E-state index in [1.54, 1.807) is 0 Å². The van der Waals surface area contributed by atoms with Gasteiger partial charge in [-0.2, -0.15) is 0 Å². The van der Waals surface area contributed by atoms with Gasteiger partial charge in [0.2, 0.25) is 0 Å². The van der Waals surface area contributed by atoms with Crippen molar-refractivity contribution < 1.29 is 4.79 Å². The van der Waals surface area contributed by atoms with Crippen LogP contribution in [0.3, 0.4) is 0 Å². The number of hydrogen-bond donors (Lipinski definition) is 2. The van der Waals surface area contributed by atoms with Gasteiger partial charge in [0, 0.05) is 4.47 Å². The van der Waals surface area contributed by atoms with Gasteiger partial charge in [-0.05, 0) is 52.0 Å². The molecule has 0 aliphatic heterocycles. The molecule has 2 aromatic rings. The fourth-order valence-corrected chi connectivity index (χ4v) is 2.55. The predicted octanol–water partition coefficient (Wildman–Crippen LogP) is 5.46. The first-order chi connectivity index (χ1) is 10.5. The van der Waals surface area contributed by atoms with E-state index >= 15 is 0 Å². The van der Waals surface area contributed by atoms with E-state index in [1.165, 1.54) is 5.56 Å². The molecular weight excluding hydrogens is 340 g/mol. The van der Waals surface area contributed by atoms with E-state index in [0.717, 1.165) is 15.7 Å². The van der Waals surface area contributed by atoms with Gasteiger partial charge < -0.3 is 10.6 Å². The summed E-state index contributed by atoms with van der Waals surface area (Å²) in [7, 11) is 0. The fourth-order valence-electron chi connectivity index (χ4n) is 2.17. The molecule has 0 heterocycles. The Bertz CT molecular complexity index is 638. The van der Waals surface area contributed by atoms with Crippen molar-refractivity contribution in [2.45, 2.75) is 32.7 Å². The Morgan fingerprint density at radius 1 is 0.955 bits per heavy atom. The van der Waals surface area contributed by atoms with Crippen molar-refractivity contribution >= 4 is 27.6 Å². The van der Waals surface area contributed by atoms with Crippen LogP contribution in [0.15, 0.2) is 53.0 Å². The summed E-state index contributed by atoms with van der Waals surface area (Å²) in [5.41, 5.74) is 3.14. The van der Waals surface area contributed by atoms with E-state index in [9.17, 15) is 4.79 Å². The number of halogens is 1. The van der Waals surface area contributed by atoms with Gasteiger partial charge in [0.15, 0.2) is 0 Å². The lowest BCUT2D eigenvalue weighted by molar-refractivity contribution is 0.249. The zero-order valence-electron chi connectivity index (χ0n) is 13.1. The maximum atomic E-state index is 12.1. The first-order valence-electron chi connectivity index (χ1n) is 7.39. The summed E-state index contributed by atoms with van der Waals surface area (Å²) in [5, 5.41) is 5.79. The zero-order chi connectivity index (χ0) is 16.1. The summed E-state index contributed by atoms with van der Waals surface area (Å²) in [6.45, 7) is 6.31. The molecular formula is C18H21BrN2O. The summed E-state index contributed by atoms with van der Waals surface area (Å²) in [4.78, 5) is 12.1. The summed E-state index contributed by atoms with van der Waals surface area (Å²) in [6.07, 6.45) is 0. The Labute approximate surface area is 140 Å². The lowest BCUT2D eigenvalue weighted by atomic mass is 10.00. The lowest BCUT2D eigenvalue weighted by Gasteiger charge is -2.16. The number of hydrogen-bond acceptors (Lipinski definition) is 1. The molecule has 3 nitrogen and oxygen atoms in total. The van der Waals surface area contributed by atoms with Crippen molar-refractivity contribution in [3.63, 3.8) is 0 Å². The second-order valence-electron chi connectivity index (χ2n) is 5.62. The molecule has 2 amide bonds. The average molecular weight is 361 g/mol. The second-order valence-corrected chi connectivity index (χ2v) is 6.48. The number of rotatable bonds is 4. The first kappa shape index (κ1) is 16.6. The Hall–Kier alpha value is -1.81. The normalized spacial score (nSPS) is 12.0. The SMILES string of the molecule is CC(C)c1ccc([C@@H](C)NC(=O)Nc2ccccc2Br)cc1. The van der Waals surface area contributed by atoms with Crippen LogP contribution >= 0.6 is 15.9 Å². The van der Waals surface area contributed by atoms with Gasteiger partial charge in [-0.15, -0.1) is 0 Å². The molecule has 0 bridgehead atoms. The molecule has 0 fully saturated rings. The van der Waals surface area contributed by atoms with Gasteiger partial charge in [0.05, 0.1) is 11.7 Å². The standard InChI is InChI=1S/C18H21BrN2O/c1-12(2)14-8-10-15(11-9-14)13(3)20-18(22)21-17-7-5-4-6-16(17)19/h4-13H,1-3H3,(H2,20,21,22)/t13-/m1/s1. The van der Waals surface area contributed by atoms with E-state index < -0.39 is 0 Å². The van der Waals surface area contributed by atoms with Crippen LogP contribution in [0, 0.1) is 0 Å². The molecule has 0 spiro atoms. The molecule has 0 aliphatic carbocycles. The molecule has 1 atom stereocenters. The molecule has 22 heavy (non-hydrogen) atoms. The molecule has 0 aromatic heterocycles. The minimum atomic E-state index is -0.215. The first-order valence-corrected chi connectivity index (χ1v) is 8.18. The number of benzene rings is 2. The van der Waals surface area contributed by atoms with Crippen LogP contribution in [0.25, 0.3) is 0 Å². The van der Waals surface area contributed by atoms with Gasteiger partial charge in [0.25, 0.3) is 0 Å². The summed E-state index contributed by atoms with van der Waals surface area (Å²) < 4.78 is 0.860. The smallest absolute Gasteiger partial charge is 0.319 e. The number of para-hydroxylation sites is 1. The molecule has 0 saturated heterocycles. The van der Waals surface area contributed by atoms with E-state index in [4.69, 9.17) is 0 Å². The Morgan fingerprint density at radius 2 is 1.55 bits per heavy atom. The molecule has 116 valence electrons. The number of anilines is 1. The number of urea groups is 1. The zero-order valence-corrected chi connectivity index (χ0v) is 14.6. The van der Waals surface area contributed by atoms with Crippen LogP contribution in [0.2, 0.25) is 0 Å². The van der Waals surface area contributed by atoms with Crippen LogP contribution < -0.4 is 10.6 Å². The molecule has 2 rings (SSSR count). The second kappa shape index (κ2) is 7.45. The van der Waals surface area contributed by atoms with E-state index in [1.807, 2.05) is 31.2 Å². The molecule has 4 heteroatoms. The highest BCUT2D eigenvalue weighted by Crippen LogP contribution is 2.22. The lowest BCUT2D eigenvalue weighted by Crippen LogP contribution is -2.31. The van der Waals surface area contributed by atoms with E-state index in [2.05, 4.69) is 64.7 Å². The third-order valence-electron chi connectivity index (χ3n) is 3.57. The van der Waals surface area contributed by atoms with Crippen molar-refractivity contribution in [1.29, 1.82) is 0 Å². The van der Waals surface area contributed by atoms with Gasteiger partial charge in [-0.1, -0.05) is 50.2 Å². The molecule has 0 saturated carbocycles. The fraction of sp³-hybridized carbons (Fsp3) is 0.278. The number of amides is 2. The number of carbonyl (C=O) groups excluding carboxylic acids is 1. The summed E-state index contributed by atoms with van der Waals surface area (Å²) >= 11 is 3.41. The number of nitrogens with one attached hydrogen (secondary N) is 2. The highest BCUT2D eigenvalue weighted by Gasteiger charge is 2.11. The van der Waals surface area contributed by atoms with Gasteiger partial charge in [-0.25, -0.2) is 4.79 Å². The molecule has 0 aliphatic rings. The van der Waals surface area contributed by atoms with Crippen molar-refractivity contribution in [2.75, 3.05) is 5.32 Å². The monoisotopic (exact) mass is 360 g/mol. The molecule has 2 aromatic carbocycles. The van der Waals surface area contributed by atoms with Crippen LogP contribution in [0.5, 0.6) is 0 Å². The van der Waals surface area contributed by atoms with Crippen molar-refractivity contribution in [1.82, 2.24) is 5.32 Å². The minimum Gasteiger partial charge on any atom is -0.331 e. The molecule has 0 radical (unpaired) electrons. The average Bonchev–Trinajstić information content (AvgIpc) is 2.49. The van der Waals surface area contributed by atoms with Crippen molar-refractivity contribution in [3.05, 3.63) is 64.1 Å². The largest absolute Gasteiger partial charge is 0.331 e. The third-order valence-corrected chi connectivity index (χ3v) is 4.26. The summed E-state index contributed by atoms with van der Waals surface area (Å²) in [5.74, 6) is 0.510. The van der Waals surface area contributed by atoms with Gasteiger partial charge >= 0.3 is 6.03 Å². The van der Waals surface area contributed by atoms with Crippen LogP contribution in [-0.2, 0) is 0 Å². The van der Waals surface area contributed by atoms with Crippen molar-refractivity contribution in [3.8, 4) is 0 Å². The molecule has 0 unspecified atom stereocenters. The summed E-state index contributed by atoms with van der Waals surface area (Å²) in [6, 6.07) is 15.6. The Morgan fingerprint density at radius 3 is 2.14 bits per heavy atom. The highest BCUT2D eigenvalue weighted by molar-refractivity contribution is 9.10. The quantitative estimate of drug-likeness (QED) is 0.746. The van der Waals surface area contributed by atoms with Crippen molar-refractivity contribution in [2.24, 2.45) is 0 Å². The van der Waals surface area contributed by atoms with Crippen LogP contribution in [-0.4, -0.2) is 6.03 Å². The Kier molecular flexibility index (Phi) is 5.61. The number of carbonyl (C=O) groups is 1. The van der Waals surface area contributed by atoms with E-state index in [-0.39, 0.29) is 12.1 Å². The third kappa shape index (κ3) is 4.34. The van der Waals surface area contributed by atoms with Gasteiger partial charge in [0.1, 0.15) is 0 Å². The van der Waals surface area contributed by atoms with Crippen LogP contribution in [0.1, 0.15) is 43.9 Å². The predicted molar refractivity (Wildman–Crippen MR) is 95.2 cm³/mol.